The van der Waals surface area contributed by atoms with Crippen LogP contribution in [0.5, 0.6) is 0 Å². The monoisotopic (exact) mass is 219 g/mol. The lowest BCUT2D eigenvalue weighted by Gasteiger charge is -2.16. The van der Waals surface area contributed by atoms with Gasteiger partial charge < -0.3 is 15.9 Å². The van der Waals surface area contributed by atoms with E-state index >= 15 is 0 Å². The zero-order chi connectivity index (χ0) is 11.8. The summed E-state index contributed by atoms with van der Waals surface area (Å²) >= 11 is 0. The van der Waals surface area contributed by atoms with Crippen molar-refractivity contribution in [2.24, 2.45) is 5.73 Å². The van der Waals surface area contributed by atoms with Crippen LogP contribution in [0.15, 0.2) is 0 Å². The summed E-state index contributed by atoms with van der Waals surface area (Å²) in [5, 5.41) is 17.3. The molecule has 0 saturated heterocycles. The summed E-state index contributed by atoms with van der Waals surface area (Å²) in [4.78, 5) is 21.1. The smallest absolute Gasteiger partial charge is 0.322 e. The second kappa shape index (κ2) is 7.16. The van der Waals surface area contributed by atoms with Crippen LogP contribution in [0.2, 0.25) is 0 Å². The molecule has 0 heterocycles. The lowest BCUT2D eigenvalue weighted by Crippen LogP contribution is -2.51. The number of hydrogen-bond donors (Lipinski definition) is 5. The molecule has 0 aromatic rings. The summed E-state index contributed by atoms with van der Waals surface area (Å²) in [6, 6.07) is -1.67. The molecule has 0 aliphatic rings. The topological polar surface area (TPSA) is 125 Å². The fraction of sp³-hybridized carbons (Fsp3) is 0.750. The zero-order valence-corrected chi connectivity index (χ0v) is 8.56. The molecular formula is C8H17N3O4. The molecule has 0 fully saturated rings. The van der Waals surface area contributed by atoms with E-state index in [1.54, 1.807) is 0 Å². The van der Waals surface area contributed by atoms with Crippen molar-refractivity contribution < 1.29 is 19.8 Å². The van der Waals surface area contributed by atoms with Gasteiger partial charge in [-0.25, -0.2) is 10.9 Å². The maximum Gasteiger partial charge on any atom is 0.322 e. The van der Waals surface area contributed by atoms with Crippen molar-refractivity contribution in [3.05, 3.63) is 0 Å². The summed E-state index contributed by atoms with van der Waals surface area (Å²) in [7, 11) is 0. The molecule has 0 radical (unpaired) electrons. The molecule has 0 spiro atoms. The van der Waals surface area contributed by atoms with E-state index < -0.39 is 24.0 Å². The number of aliphatic carboxylic acids is 2. The van der Waals surface area contributed by atoms with Crippen LogP contribution in [0, 0.1) is 0 Å². The van der Waals surface area contributed by atoms with E-state index in [1.165, 1.54) is 6.92 Å². The quantitative estimate of drug-likeness (QED) is 0.323. The molecule has 0 aromatic carbocycles. The number of nitrogens with one attached hydrogen (secondary N) is 2. The van der Waals surface area contributed by atoms with E-state index in [9.17, 15) is 9.59 Å². The molecule has 0 aliphatic carbocycles. The van der Waals surface area contributed by atoms with Crippen molar-refractivity contribution in [2.75, 3.05) is 6.54 Å². The lowest BCUT2D eigenvalue weighted by molar-refractivity contribution is -0.142. The molecule has 88 valence electrons. The van der Waals surface area contributed by atoms with Gasteiger partial charge in [-0.05, 0) is 26.3 Å². The van der Waals surface area contributed by atoms with Gasteiger partial charge in [0.05, 0.1) is 0 Å². The fourth-order valence-electron chi connectivity index (χ4n) is 0.867. The second-order valence-corrected chi connectivity index (χ2v) is 3.17. The van der Waals surface area contributed by atoms with Gasteiger partial charge in [0.2, 0.25) is 0 Å². The summed E-state index contributed by atoms with van der Waals surface area (Å²) < 4.78 is 0. The van der Waals surface area contributed by atoms with Crippen molar-refractivity contribution in [3.8, 4) is 0 Å². The normalized spacial score (nSPS) is 14.5. The molecule has 2 atom stereocenters. The van der Waals surface area contributed by atoms with Gasteiger partial charge in [-0.2, -0.15) is 0 Å². The maximum atomic E-state index is 10.7. The maximum absolute atomic E-state index is 10.7. The molecule has 0 bridgehead atoms. The van der Waals surface area contributed by atoms with Gasteiger partial charge >= 0.3 is 11.9 Å². The summed E-state index contributed by atoms with van der Waals surface area (Å²) in [5.41, 5.74) is 10.1. The number of hydrogen-bond acceptors (Lipinski definition) is 5. The minimum absolute atomic E-state index is 0.352. The molecule has 7 heteroatoms. The van der Waals surface area contributed by atoms with Crippen molar-refractivity contribution in [1.29, 1.82) is 0 Å². The van der Waals surface area contributed by atoms with E-state index in [-0.39, 0.29) is 0 Å². The Balaban J connectivity index is 3.95. The van der Waals surface area contributed by atoms with Crippen LogP contribution in [-0.2, 0) is 9.59 Å². The van der Waals surface area contributed by atoms with Crippen molar-refractivity contribution in [1.82, 2.24) is 10.9 Å². The minimum Gasteiger partial charge on any atom is -0.480 e. The van der Waals surface area contributed by atoms with E-state index in [0.29, 0.717) is 19.4 Å². The SMILES string of the molecule is C[C@H](NN[C@@H](CCCN)C(=O)O)C(=O)O. The highest BCUT2D eigenvalue weighted by Gasteiger charge is 2.18. The summed E-state index contributed by atoms with van der Waals surface area (Å²) in [5.74, 6) is -2.08. The average molecular weight is 219 g/mol. The first-order chi connectivity index (χ1) is 6.99. The second-order valence-electron chi connectivity index (χ2n) is 3.17. The molecule has 0 aliphatic heterocycles. The third kappa shape index (κ3) is 6.00. The van der Waals surface area contributed by atoms with Gasteiger partial charge in [0.15, 0.2) is 0 Å². The summed E-state index contributed by atoms with van der Waals surface area (Å²) in [6.07, 6.45) is 0.915. The minimum atomic E-state index is -1.05. The van der Waals surface area contributed by atoms with Crippen LogP contribution < -0.4 is 16.6 Å². The van der Waals surface area contributed by atoms with E-state index in [2.05, 4.69) is 10.9 Å². The Kier molecular flexibility index (Phi) is 6.59. The molecule has 0 amide bonds. The standard InChI is InChI=1S/C8H17N3O4/c1-5(7(12)13)10-11-6(8(14)15)3-2-4-9/h5-6,10-11H,2-4,9H2,1H3,(H,12,13)(H,14,15)/t5-,6-/m0/s1. The highest BCUT2D eigenvalue weighted by molar-refractivity contribution is 5.74. The molecule has 0 aromatic heterocycles. The van der Waals surface area contributed by atoms with E-state index in [0.717, 1.165) is 0 Å². The Morgan fingerprint density at radius 2 is 1.87 bits per heavy atom. The highest BCUT2D eigenvalue weighted by Crippen LogP contribution is 1.95. The molecule has 6 N–H and O–H groups in total. The first-order valence-electron chi connectivity index (χ1n) is 4.65. The Hall–Kier alpha value is -1.18. The van der Waals surface area contributed by atoms with Gasteiger partial charge in [-0.15, -0.1) is 0 Å². The van der Waals surface area contributed by atoms with Gasteiger partial charge in [0.25, 0.3) is 0 Å². The summed E-state index contributed by atoms with van der Waals surface area (Å²) in [6.45, 7) is 1.82. The molecular weight excluding hydrogens is 202 g/mol. The van der Waals surface area contributed by atoms with Crippen LogP contribution in [0.1, 0.15) is 19.8 Å². The van der Waals surface area contributed by atoms with Crippen LogP contribution >= 0.6 is 0 Å². The Morgan fingerprint density at radius 3 is 2.27 bits per heavy atom. The predicted octanol–water partition coefficient (Wildman–Crippen LogP) is -1.25. The first-order valence-corrected chi connectivity index (χ1v) is 4.65. The fourth-order valence-corrected chi connectivity index (χ4v) is 0.867. The van der Waals surface area contributed by atoms with Gasteiger partial charge in [0, 0.05) is 0 Å². The van der Waals surface area contributed by atoms with E-state index in [4.69, 9.17) is 15.9 Å². The highest BCUT2D eigenvalue weighted by atomic mass is 16.4. The number of carboxylic acids is 2. The largest absolute Gasteiger partial charge is 0.480 e. The number of nitrogens with two attached hydrogens (primary N) is 1. The van der Waals surface area contributed by atoms with Crippen LogP contribution in [-0.4, -0.2) is 40.8 Å². The van der Waals surface area contributed by atoms with Gasteiger partial charge in [-0.1, -0.05) is 0 Å². The van der Waals surface area contributed by atoms with Crippen LogP contribution in [0.4, 0.5) is 0 Å². The molecule has 0 saturated carbocycles. The number of rotatable bonds is 8. The third-order valence-electron chi connectivity index (χ3n) is 1.84. The average Bonchev–Trinajstić information content (AvgIpc) is 2.16. The molecule has 15 heavy (non-hydrogen) atoms. The lowest BCUT2D eigenvalue weighted by atomic mass is 10.2. The van der Waals surface area contributed by atoms with Crippen molar-refractivity contribution in [2.45, 2.75) is 31.8 Å². The van der Waals surface area contributed by atoms with Gasteiger partial charge in [-0.3, -0.25) is 9.59 Å². The van der Waals surface area contributed by atoms with Gasteiger partial charge in [0.1, 0.15) is 12.1 Å². The van der Waals surface area contributed by atoms with Crippen LogP contribution in [0.3, 0.4) is 0 Å². The molecule has 0 unspecified atom stereocenters. The predicted molar refractivity (Wildman–Crippen MR) is 53.1 cm³/mol. The third-order valence-corrected chi connectivity index (χ3v) is 1.84. The number of carbonyl (C=O) groups is 2. The molecule has 0 rings (SSSR count). The Labute approximate surface area is 87.6 Å². The van der Waals surface area contributed by atoms with Crippen molar-refractivity contribution >= 4 is 11.9 Å². The Morgan fingerprint density at radius 1 is 1.27 bits per heavy atom. The number of carboxylic acid groups (broad SMARTS) is 2. The zero-order valence-electron chi connectivity index (χ0n) is 8.56. The van der Waals surface area contributed by atoms with Crippen LogP contribution in [0.25, 0.3) is 0 Å². The Bertz CT molecular complexity index is 222. The molecule has 7 nitrogen and oxygen atoms in total. The first kappa shape index (κ1) is 13.8. The van der Waals surface area contributed by atoms with E-state index in [1.807, 2.05) is 0 Å². The van der Waals surface area contributed by atoms with Crippen molar-refractivity contribution in [3.63, 3.8) is 0 Å². The number of hydrazine groups is 1.